The van der Waals surface area contributed by atoms with E-state index < -0.39 is 15.8 Å². The topological polar surface area (TPSA) is 117 Å². The molecule has 1 aromatic heterocycles. The Morgan fingerprint density at radius 2 is 1.79 bits per heavy atom. The quantitative estimate of drug-likeness (QED) is 0.784. The van der Waals surface area contributed by atoms with Crippen LogP contribution in [0.3, 0.4) is 0 Å². The molecule has 0 saturated carbocycles. The van der Waals surface area contributed by atoms with Crippen LogP contribution < -0.4 is 10.2 Å². The number of hydrogen-bond acceptors (Lipinski definition) is 6. The van der Waals surface area contributed by atoms with E-state index in [2.05, 4.69) is 10.3 Å². The van der Waals surface area contributed by atoms with Gasteiger partial charge in [-0.3, -0.25) is 9.78 Å². The van der Waals surface area contributed by atoms with Crippen LogP contribution in [0.5, 0.6) is 0 Å². The number of amides is 1. The van der Waals surface area contributed by atoms with E-state index in [-0.39, 0.29) is 22.3 Å². The zero-order valence-corrected chi connectivity index (χ0v) is 16.1. The molecule has 0 atom stereocenters. The van der Waals surface area contributed by atoms with Crippen molar-refractivity contribution in [3.63, 3.8) is 0 Å². The molecular formula is C19H21N3O5S. The minimum absolute atomic E-state index is 0.00733. The molecule has 0 aliphatic carbocycles. The van der Waals surface area contributed by atoms with Crippen LogP contribution in [0.4, 0.5) is 11.4 Å². The molecule has 0 bridgehead atoms. The Kier molecular flexibility index (Phi) is 5.64. The van der Waals surface area contributed by atoms with Crippen molar-refractivity contribution in [2.24, 2.45) is 5.92 Å². The van der Waals surface area contributed by atoms with Crippen molar-refractivity contribution in [3.8, 4) is 0 Å². The van der Waals surface area contributed by atoms with Crippen molar-refractivity contribution in [1.29, 1.82) is 0 Å². The second-order valence-electron chi connectivity index (χ2n) is 6.75. The maximum absolute atomic E-state index is 12.4. The maximum atomic E-state index is 12.4. The highest BCUT2D eigenvalue weighted by molar-refractivity contribution is 7.90. The Morgan fingerprint density at radius 1 is 1.14 bits per heavy atom. The third kappa shape index (κ3) is 4.48. The molecule has 3 rings (SSSR count). The van der Waals surface area contributed by atoms with Crippen molar-refractivity contribution < 1.29 is 23.1 Å². The molecule has 148 valence electrons. The lowest BCUT2D eigenvalue weighted by atomic mass is 9.95. The SMILES string of the molecule is CS(=O)(=O)c1cc(C(=O)O)ccc1N1CCC(C(=O)Nc2ccncc2)CC1. The summed E-state index contributed by atoms with van der Waals surface area (Å²) in [5.74, 6) is -1.43. The zero-order valence-electron chi connectivity index (χ0n) is 15.3. The van der Waals surface area contributed by atoms with Crippen molar-refractivity contribution in [2.45, 2.75) is 17.7 Å². The third-order valence-electron chi connectivity index (χ3n) is 4.76. The molecule has 8 nitrogen and oxygen atoms in total. The van der Waals surface area contributed by atoms with Crippen LogP contribution in [0.25, 0.3) is 0 Å². The molecule has 2 aromatic rings. The van der Waals surface area contributed by atoms with Crippen molar-refractivity contribution >= 4 is 33.1 Å². The van der Waals surface area contributed by atoms with E-state index in [1.807, 2.05) is 4.90 Å². The summed E-state index contributed by atoms with van der Waals surface area (Å²) in [6.07, 6.45) is 5.41. The fourth-order valence-electron chi connectivity index (χ4n) is 3.27. The molecular weight excluding hydrogens is 382 g/mol. The summed E-state index contributed by atoms with van der Waals surface area (Å²) in [5.41, 5.74) is 1.09. The Hall–Kier alpha value is -2.94. The number of carbonyl (C=O) groups excluding carboxylic acids is 1. The van der Waals surface area contributed by atoms with Crippen LogP contribution in [0.15, 0.2) is 47.6 Å². The van der Waals surface area contributed by atoms with Gasteiger partial charge in [-0.15, -0.1) is 0 Å². The lowest BCUT2D eigenvalue weighted by Crippen LogP contribution is -2.38. The normalized spacial score (nSPS) is 15.2. The molecule has 1 aromatic carbocycles. The second-order valence-corrected chi connectivity index (χ2v) is 8.73. The van der Waals surface area contributed by atoms with Crippen molar-refractivity contribution in [1.82, 2.24) is 4.98 Å². The molecule has 2 heterocycles. The van der Waals surface area contributed by atoms with Gasteiger partial charge >= 0.3 is 5.97 Å². The molecule has 1 aliphatic heterocycles. The first-order valence-electron chi connectivity index (χ1n) is 8.79. The van der Waals surface area contributed by atoms with Crippen molar-refractivity contribution in [2.75, 3.05) is 29.6 Å². The number of rotatable bonds is 5. The number of carboxylic acid groups (broad SMARTS) is 1. The Labute approximate surface area is 163 Å². The number of carbonyl (C=O) groups is 2. The highest BCUT2D eigenvalue weighted by Crippen LogP contribution is 2.30. The number of nitrogens with zero attached hydrogens (tertiary/aromatic N) is 2. The van der Waals surface area contributed by atoms with Crippen molar-refractivity contribution in [3.05, 3.63) is 48.3 Å². The number of hydrogen-bond donors (Lipinski definition) is 2. The first kappa shape index (κ1) is 19.8. The van der Waals surface area contributed by atoms with Gasteiger partial charge in [0.1, 0.15) is 0 Å². The number of benzene rings is 1. The highest BCUT2D eigenvalue weighted by Gasteiger charge is 2.28. The summed E-state index contributed by atoms with van der Waals surface area (Å²) in [5, 5.41) is 12.0. The molecule has 1 aliphatic rings. The van der Waals surface area contributed by atoms with Crippen LogP contribution in [0, 0.1) is 5.92 Å². The molecule has 1 fully saturated rings. The van der Waals surface area contributed by atoms with Gasteiger partial charge in [0.2, 0.25) is 5.91 Å². The fraction of sp³-hybridized carbons (Fsp3) is 0.316. The van der Waals surface area contributed by atoms with E-state index in [0.29, 0.717) is 37.3 Å². The Balaban J connectivity index is 1.73. The smallest absolute Gasteiger partial charge is 0.335 e. The summed E-state index contributed by atoms with van der Waals surface area (Å²) in [6.45, 7) is 1.01. The average molecular weight is 403 g/mol. The molecule has 0 radical (unpaired) electrons. The first-order valence-corrected chi connectivity index (χ1v) is 10.7. The molecule has 1 amide bonds. The predicted molar refractivity (Wildman–Crippen MR) is 104 cm³/mol. The van der Waals surface area contributed by atoms with Gasteiger partial charge in [0.25, 0.3) is 0 Å². The van der Waals surface area contributed by atoms with Gasteiger partial charge in [-0.05, 0) is 43.2 Å². The van der Waals surface area contributed by atoms with Gasteiger partial charge in [-0.25, -0.2) is 13.2 Å². The predicted octanol–water partition coefficient (Wildman–Crippen LogP) is 2.04. The number of nitrogens with one attached hydrogen (secondary N) is 1. The van der Waals surface area contributed by atoms with Crippen LogP contribution in [0.1, 0.15) is 23.2 Å². The lowest BCUT2D eigenvalue weighted by Gasteiger charge is -2.34. The molecule has 9 heteroatoms. The number of sulfone groups is 1. The van der Waals surface area contributed by atoms with Gasteiger partial charge in [0.15, 0.2) is 9.84 Å². The van der Waals surface area contributed by atoms with Crippen LogP contribution >= 0.6 is 0 Å². The van der Waals surface area contributed by atoms with Gasteiger partial charge in [0, 0.05) is 43.3 Å². The number of anilines is 2. The fourth-order valence-corrected chi connectivity index (χ4v) is 4.19. The van der Waals surface area contributed by atoms with E-state index in [1.165, 1.54) is 18.2 Å². The van der Waals surface area contributed by atoms with E-state index in [1.54, 1.807) is 24.5 Å². The second kappa shape index (κ2) is 7.97. The number of aromatic nitrogens is 1. The van der Waals surface area contributed by atoms with Gasteiger partial charge in [-0.2, -0.15) is 0 Å². The minimum atomic E-state index is -3.60. The van der Waals surface area contributed by atoms with Crippen LogP contribution in [-0.4, -0.2) is 49.7 Å². The van der Waals surface area contributed by atoms with Crippen LogP contribution in [-0.2, 0) is 14.6 Å². The maximum Gasteiger partial charge on any atom is 0.335 e. The number of aromatic carboxylic acids is 1. The largest absolute Gasteiger partial charge is 0.478 e. The first-order chi connectivity index (χ1) is 13.3. The van der Waals surface area contributed by atoms with E-state index in [4.69, 9.17) is 5.11 Å². The molecule has 2 N–H and O–H groups in total. The van der Waals surface area contributed by atoms with Gasteiger partial charge < -0.3 is 15.3 Å². The number of carboxylic acids is 1. The lowest BCUT2D eigenvalue weighted by molar-refractivity contribution is -0.120. The summed E-state index contributed by atoms with van der Waals surface area (Å²) in [4.78, 5) is 29.4. The highest BCUT2D eigenvalue weighted by atomic mass is 32.2. The number of pyridine rings is 1. The van der Waals surface area contributed by atoms with E-state index >= 15 is 0 Å². The molecule has 0 spiro atoms. The summed E-state index contributed by atoms with van der Waals surface area (Å²) >= 11 is 0. The third-order valence-corrected chi connectivity index (χ3v) is 5.89. The van der Waals surface area contributed by atoms with Gasteiger partial charge in [-0.1, -0.05) is 0 Å². The molecule has 1 saturated heterocycles. The minimum Gasteiger partial charge on any atom is -0.478 e. The molecule has 0 unspecified atom stereocenters. The Bertz CT molecular complexity index is 984. The summed E-state index contributed by atoms with van der Waals surface area (Å²) in [7, 11) is -3.60. The molecule has 28 heavy (non-hydrogen) atoms. The summed E-state index contributed by atoms with van der Waals surface area (Å²) < 4.78 is 24.3. The average Bonchev–Trinajstić information content (AvgIpc) is 2.67. The van der Waals surface area contributed by atoms with Gasteiger partial charge in [0.05, 0.1) is 16.1 Å². The standard InChI is InChI=1S/C19H21N3O5S/c1-28(26,27)17-12-14(19(24)25)2-3-16(17)22-10-6-13(7-11-22)18(23)21-15-4-8-20-9-5-15/h2-5,8-9,12-13H,6-7,10-11H2,1H3,(H,24,25)(H,20,21,23). The number of piperidine rings is 1. The monoisotopic (exact) mass is 403 g/mol. The van der Waals surface area contributed by atoms with E-state index in [9.17, 15) is 18.0 Å². The zero-order chi connectivity index (χ0) is 20.3. The van der Waals surface area contributed by atoms with Crippen LogP contribution in [0.2, 0.25) is 0 Å². The van der Waals surface area contributed by atoms with E-state index in [0.717, 1.165) is 6.26 Å². The summed E-state index contributed by atoms with van der Waals surface area (Å²) in [6, 6.07) is 7.55. The Morgan fingerprint density at radius 3 is 2.36 bits per heavy atom.